The Morgan fingerprint density at radius 2 is 2.00 bits per heavy atom. The van der Waals surface area contributed by atoms with Crippen LogP contribution in [0, 0.1) is 5.82 Å². The fraction of sp³-hybridized carbons (Fsp3) is 0.500. The summed E-state index contributed by atoms with van der Waals surface area (Å²) in [5, 5.41) is 5.77. The lowest BCUT2D eigenvalue weighted by Gasteiger charge is -2.19. The van der Waals surface area contributed by atoms with Crippen molar-refractivity contribution in [3.63, 3.8) is 0 Å². The molecule has 4 heteroatoms. The van der Waals surface area contributed by atoms with Gasteiger partial charge in [0.05, 0.1) is 5.69 Å². The zero-order valence-corrected chi connectivity index (χ0v) is 11.2. The Morgan fingerprint density at radius 3 is 2.61 bits per heavy atom. The number of anilines is 1. The molecule has 0 spiro atoms. The minimum Gasteiger partial charge on any atom is -0.372 e. The van der Waals surface area contributed by atoms with Crippen LogP contribution >= 0.6 is 0 Å². The maximum Gasteiger partial charge on any atom is 0.242 e. The highest BCUT2D eigenvalue weighted by Crippen LogP contribution is 2.13. The summed E-state index contributed by atoms with van der Waals surface area (Å²) in [6.07, 6.45) is 1.97. The number of carbonyl (C=O) groups is 1. The van der Waals surface area contributed by atoms with E-state index in [4.69, 9.17) is 0 Å². The first-order chi connectivity index (χ1) is 8.54. The molecule has 0 radical (unpaired) electrons. The minimum absolute atomic E-state index is 0.112. The number of halogens is 1. The summed E-state index contributed by atoms with van der Waals surface area (Å²) in [4.78, 5) is 11.8. The third kappa shape index (κ3) is 4.35. The molecule has 0 saturated heterocycles. The molecule has 0 aliphatic heterocycles. The molecule has 0 bridgehead atoms. The highest BCUT2D eigenvalue weighted by Gasteiger charge is 2.15. The van der Waals surface area contributed by atoms with E-state index in [1.54, 1.807) is 25.1 Å². The van der Waals surface area contributed by atoms with E-state index in [0.717, 1.165) is 12.8 Å². The van der Waals surface area contributed by atoms with Gasteiger partial charge in [-0.1, -0.05) is 25.5 Å². The van der Waals surface area contributed by atoms with Gasteiger partial charge in [0, 0.05) is 6.04 Å². The Balaban J connectivity index is 2.52. The van der Waals surface area contributed by atoms with E-state index in [2.05, 4.69) is 17.6 Å². The van der Waals surface area contributed by atoms with Crippen molar-refractivity contribution in [2.75, 3.05) is 5.32 Å². The first-order valence-corrected chi connectivity index (χ1v) is 6.36. The van der Waals surface area contributed by atoms with Crippen LogP contribution < -0.4 is 10.6 Å². The topological polar surface area (TPSA) is 41.1 Å². The minimum atomic E-state index is -0.457. The quantitative estimate of drug-likeness (QED) is 0.817. The van der Waals surface area contributed by atoms with Crippen molar-refractivity contribution in [3.05, 3.63) is 30.1 Å². The predicted molar refractivity (Wildman–Crippen MR) is 72.0 cm³/mol. The van der Waals surface area contributed by atoms with Gasteiger partial charge in [0.15, 0.2) is 0 Å². The zero-order valence-electron chi connectivity index (χ0n) is 11.2. The van der Waals surface area contributed by atoms with Gasteiger partial charge < -0.3 is 10.6 Å². The van der Waals surface area contributed by atoms with Crippen molar-refractivity contribution in [2.45, 2.75) is 45.7 Å². The Hall–Kier alpha value is -1.58. The molecule has 2 unspecified atom stereocenters. The molecule has 2 atom stereocenters. The van der Waals surface area contributed by atoms with Crippen LogP contribution in [0.3, 0.4) is 0 Å². The van der Waals surface area contributed by atoms with Gasteiger partial charge in [0.25, 0.3) is 0 Å². The van der Waals surface area contributed by atoms with Gasteiger partial charge in [-0.15, -0.1) is 0 Å². The van der Waals surface area contributed by atoms with E-state index in [1.165, 1.54) is 6.07 Å². The second-order valence-corrected chi connectivity index (χ2v) is 4.54. The lowest BCUT2D eigenvalue weighted by Crippen LogP contribution is -2.42. The van der Waals surface area contributed by atoms with Crippen LogP contribution in [-0.2, 0) is 4.79 Å². The molecule has 1 amide bonds. The lowest BCUT2D eigenvalue weighted by molar-refractivity contribution is -0.122. The van der Waals surface area contributed by atoms with Crippen molar-refractivity contribution < 1.29 is 9.18 Å². The summed E-state index contributed by atoms with van der Waals surface area (Å²) in [7, 11) is 0. The van der Waals surface area contributed by atoms with Crippen molar-refractivity contribution in [1.82, 2.24) is 5.32 Å². The van der Waals surface area contributed by atoms with Crippen LogP contribution in [0.4, 0.5) is 10.1 Å². The monoisotopic (exact) mass is 252 g/mol. The maximum atomic E-state index is 13.4. The second kappa shape index (κ2) is 6.99. The number of benzene rings is 1. The average molecular weight is 252 g/mol. The summed E-state index contributed by atoms with van der Waals surface area (Å²) in [5.41, 5.74) is 0.350. The fourth-order valence-electron chi connectivity index (χ4n) is 1.75. The van der Waals surface area contributed by atoms with Gasteiger partial charge in [-0.2, -0.15) is 0 Å². The Labute approximate surface area is 108 Å². The van der Waals surface area contributed by atoms with E-state index in [0.29, 0.717) is 5.69 Å². The van der Waals surface area contributed by atoms with Crippen LogP contribution in [0.15, 0.2) is 24.3 Å². The standard InChI is InChI=1S/C14H21FN2O/c1-4-7-10(2)16-14(18)11(3)17-13-9-6-5-8-12(13)15/h5-6,8-11,17H,4,7H2,1-3H3,(H,16,18). The molecule has 0 saturated carbocycles. The Kier molecular flexibility index (Phi) is 5.62. The normalized spacial score (nSPS) is 13.8. The maximum absolute atomic E-state index is 13.4. The second-order valence-electron chi connectivity index (χ2n) is 4.54. The number of amides is 1. The third-order valence-electron chi connectivity index (χ3n) is 2.75. The SMILES string of the molecule is CCCC(C)NC(=O)C(C)Nc1ccccc1F. The smallest absolute Gasteiger partial charge is 0.242 e. The molecular formula is C14H21FN2O. The molecule has 2 N–H and O–H groups in total. The lowest BCUT2D eigenvalue weighted by atomic mass is 10.2. The Morgan fingerprint density at radius 1 is 1.33 bits per heavy atom. The fourth-order valence-corrected chi connectivity index (χ4v) is 1.75. The van der Waals surface area contributed by atoms with E-state index in [-0.39, 0.29) is 17.8 Å². The largest absolute Gasteiger partial charge is 0.372 e. The molecule has 0 aliphatic rings. The van der Waals surface area contributed by atoms with E-state index in [9.17, 15) is 9.18 Å². The van der Waals surface area contributed by atoms with E-state index >= 15 is 0 Å². The molecule has 0 heterocycles. The van der Waals surface area contributed by atoms with E-state index in [1.807, 2.05) is 6.92 Å². The van der Waals surface area contributed by atoms with Crippen LogP contribution in [0.25, 0.3) is 0 Å². The first kappa shape index (κ1) is 14.5. The molecule has 18 heavy (non-hydrogen) atoms. The molecule has 1 aromatic rings. The summed E-state index contributed by atoms with van der Waals surface area (Å²) in [5.74, 6) is -0.460. The average Bonchev–Trinajstić information content (AvgIpc) is 2.32. The van der Waals surface area contributed by atoms with Crippen LogP contribution in [0.1, 0.15) is 33.6 Å². The van der Waals surface area contributed by atoms with Crippen LogP contribution in [0.2, 0.25) is 0 Å². The molecule has 0 aromatic heterocycles. The van der Waals surface area contributed by atoms with Gasteiger partial charge in [-0.3, -0.25) is 4.79 Å². The molecule has 0 aliphatic carbocycles. The molecule has 1 aromatic carbocycles. The summed E-state index contributed by atoms with van der Waals surface area (Å²) >= 11 is 0. The number of para-hydroxylation sites is 1. The molecule has 1 rings (SSSR count). The number of carbonyl (C=O) groups excluding carboxylic acids is 1. The molecule has 100 valence electrons. The highest BCUT2D eigenvalue weighted by atomic mass is 19.1. The number of rotatable bonds is 6. The van der Waals surface area contributed by atoms with Gasteiger partial charge in [-0.25, -0.2) is 4.39 Å². The Bertz CT molecular complexity index is 395. The van der Waals surface area contributed by atoms with Crippen molar-refractivity contribution in [2.24, 2.45) is 0 Å². The third-order valence-corrected chi connectivity index (χ3v) is 2.75. The van der Waals surface area contributed by atoms with Crippen molar-refractivity contribution in [1.29, 1.82) is 0 Å². The van der Waals surface area contributed by atoms with E-state index < -0.39 is 6.04 Å². The van der Waals surface area contributed by atoms with Gasteiger partial charge in [-0.05, 0) is 32.4 Å². The molecule has 3 nitrogen and oxygen atoms in total. The van der Waals surface area contributed by atoms with Gasteiger partial charge in [0.2, 0.25) is 5.91 Å². The number of nitrogens with one attached hydrogen (secondary N) is 2. The highest BCUT2D eigenvalue weighted by molar-refractivity contribution is 5.84. The summed E-state index contributed by atoms with van der Waals surface area (Å²) in [6.45, 7) is 5.77. The van der Waals surface area contributed by atoms with Gasteiger partial charge in [0.1, 0.15) is 11.9 Å². The van der Waals surface area contributed by atoms with Gasteiger partial charge >= 0.3 is 0 Å². The molecule has 0 fully saturated rings. The number of hydrogen-bond donors (Lipinski definition) is 2. The molecular weight excluding hydrogens is 231 g/mol. The first-order valence-electron chi connectivity index (χ1n) is 6.36. The summed E-state index contributed by atoms with van der Waals surface area (Å²) in [6, 6.07) is 6.03. The zero-order chi connectivity index (χ0) is 13.5. The van der Waals surface area contributed by atoms with Crippen LogP contribution in [-0.4, -0.2) is 18.0 Å². The van der Waals surface area contributed by atoms with Crippen molar-refractivity contribution in [3.8, 4) is 0 Å². The predicted octanol–water partition coefficient (Wildman–Crippen LogP) is 2.93. The van der Waals surface area contributed by atoms with Crippen molar-refractivity contribution >= 4 is 11.6 Å². The summed E-state index contributed by atoms with van der Waals surface area (Å²) < 4.78 is 13.4. The number of hydrogen-bond acceptors (Lipinski definition) is 2. The van der Waals surface area contributed by atoms with Crippen LogP contribution in [0.5, 0.6) is 0 Å².